The smallest absolute Gasteiger partial charge is 0.0738 e. The molecule has 0 unspecified atom stereocenters. The first-order valence-electron chi connectivity index (χ1n) is 7.62. The summed E-state index contributed by atoms with van der Waals surface area (Å²) in [7, 11) is 0. The highest BCUT2D eigenvalue weighted by Gasteiger charge is 2.57. The van der Waals surface area contributed by atoms with Crippen LogP contribution < -0.4 is 5.90 Å². The van der Waals surface area contributed by atoms with E-state index in [4.69, 9.17) is 10.7 Å². The standard InChI is InChI=1S/C15H25NO/c16-17-9-15(2-1-3-15)14-12-5-10-4-11(7-12)8-13(14)6-10/h10-14H,1-9,16H2. The van der Waals surface area contributed by atoms with Gasteiger partial charge in [-0.15, -0.1) is 0 Å². The van der Waals surface area contributed by atoms with Crippen LogP contribution in [0.25, 0.3) is 0 Å². The third kappa shape index (κ3) is 1.46. The molecule has 0 aromatic heterocycles. The fourth-order valence-corrected chi connectivity index (χ4v) is 6.30. The van der Waals surface area contributed by atoms with E-state index >= 15 is 0 Å². The Kier molecular flexibility index (Phi) is 2.36. The zero-order chi connectivity index (χ0) is 11.5. The van der Waals surface area contributed by atoms with E-state index in [1.165, 1.54) is 44.9 Å². The van der Waals surface area contributed by atoms with Gasteiger partial charge in [0.15, 0.2) is 0 Å². The maximum atomic E-state index is 5.42. The maximum absolute atomic E-state index is 5.42. The number of rotatable bonds is 3. The van der Waals surface area contributed by atoms with Crippen LogP contribution in [-0.4, -0.2) is 6.61 Å². The Bertz CT molecular complexity index is 282. The van der Waals surface area contributed by atoms with Crippen LogP contribution in [-0.2, 0) is 4.84 Å². The molecule has 5 fully saturated rings. The zero-order valence-electron chi connectivity index (χ0n) is 10.7. The summed E-state index contributed by atoms with van der Waals surface area (Å²) in [5.74, 6) is 10.6. The summed E-state index contributed by atoms with van der Waals surface area (Å²) in [5, 5.41) is 0. The van der Waals surface area contributed by atoms with Crippen molar-refractivity contribution in [3.63, 3.8) is 0 Å². The van der Waals surface area contributed by atoms with Gasteiger partial charge < -0.3 is 4.84 Å². The normalized spacial score (nSPS) is 50.3. The first-order chi connectivity index (χ1) is 8.31. The van der Waals surface area contributed by atoms with Crippen molar-refractivity contribution in [2.24, 2.45) is 40.9 Å². The molecule has 5 saturated carbocycles. The van der Waals surface area contributed by atoms with Crippen LogP contribution in [0.2, 0.25) is 0 Å². The van der Waals surface area contributed by atoms with Crippen molar-refractivity contribution in [2.45, 2.75) is 51.4 Å². The number of hydrogen-bond acceptors (Lipinski definition) is 2. The van der Waals surface area contributed by atoms with Gasteiger partial charge in [0.1, 0.15) is 0 Å². The molecule has 0 atom stereocenters. The van der Waals surface area contributed by atoms with Crippen molar-refractivity contribution in [2.75, 3.05) is 6.61 Å². The first kappa shape index (κ1) is 10.8. The topological polar surface area (TPSA) is 35.2 Å². The molecule has 2 N–H and O–H groups in total. The lowest BCUT2D eigenvalue weighted by Crippen LogP contribution is -2.55. The number of nitrogens with two attached hydrogens (primary N) is 1. The minimum atomic E-state index is 0.497. The lowest BCUT2D eigenvalue weighted by molar-refractivity contribution is -0.152. The Morgan fingerprint density at radius 1 is 0.941 bits per heavy atom. The van der Waals surface area contributed by atoms with Crippen molar-refractivity contribution in [3.05, 3.63) is 0 Å². The highest BCUT2D eigenvalue weighted by Crippen LogP contribution is 2.64. The molecule has 5 aliphatic carbocycles. The second kappa shape index (κ2) is 3.71. The third-order valence-corrected chi connectivity index (χ3v) is 6.65. The molecular formula is C15H25NO. The van der Waals surface area contributed by atoms with E-state index in [0.717, 1.165) is 36.2 Å². The number of hydrogen-bond donors (Lipinski definition) is 1. The van der Waals surface area contributed by atoms with E-state index in [9.17, 15) is 0 Å². The van der Waals surface area contributed by atoms with Crippen LogP contribution in [0.15, 0.2) is 0 Å². The summed E-state index contributed by atoms with van der Waals surface area (Å²) >= 11 is 0. The highest BCUT2D eigenvalue weighted by atomic mass is 16.6. The van der Waals surface area contributed by atoms with E-state index in [1.807, 2.05) is 0 Å². The Balaban J connectivity index is 1.61. The van der Waals surface area contributed by atoms with Crippen molar-refractivity contribution >= 4 is 0 Å². The molecule has 17 heavy (non-hydrogen) atoms. The Hall–Kier alpha value is -0.0800. The van der Waals surface area contributed by atoms with Crippen molar-refractivity contribution in [1.82, 2.24) is 0 Å². The summed E-state index contributed by atoms with van der Waals surface area (Å²) in [6.07, 6.45) is 11.9. The van der Waals surface area contributed by atoms with Gasteiger partial charge in [-0.3, -0.25) is 0 Å². The molecule has 0 aromatic carbocycles. The third-order valence-electron chi connectivity index (χ3n) is 6.65. The minimum absolute atomic E-state index is 0.497. The second-order valence-corrected chi connectivity index (χ2v) is 7.48. The van der Waals surface area contributed by atoms with E-state index in [2.05, 4.69) is 0 Å². The van der Waals surface area contributed by atoms with Crippen LogP contribution in [0, 0.1) is 35.0 Å². The fraction of sp³-hybridized carbons (Fsp3) is 1.00. The lowest BCUT2D eigenvalue weighted by atomic mass is 9.43. The van der Waals surface area contributed by atoms with E-state index < -0.39 is 0 Å². The Morgan fingerprint density at radius 2 is 1.53 bits per heavy atom. The van der Waals surface area contributed by atoms with E-state index in [1.54, 1.807) is 6.42 Å². The maximum Gasteiger partial charge on any atom is 0.0738 e. The molecular weight excluding hydrogens is 210 g/mol. The largest absolute Gasteiger partial charge is 0.304 e. The van der Waals surface area contributed by atoms with Crippen LogP contribution in [0.4, 0.5) is 0 Å². The van der Waals surface area contributed by atoms with Crippen LogP contribution >= 0.6 is 0 Å². The van der Waals surface area contributed by atoms with Crippen LogP contribution in [0.5, 0.6) is 0 Å². The molecule has 0 saturated heterocycles. The van der Waals surface area contributed by atoms with Crippen LogP contribution in [0.1, 0.15) is 51.4 Å². The fourth-order valence-electron chi connectivity index (χ4n) is 6.30. The van der Waals surface area contributed by atoms with Gasteiger partial charge in [-0.2, -0.15) is 0 Å². The Morgan fingerprint density at radius 3 is 1.94 bits per heavy atom. The molecule has 0 heterocycles. The van der Waals surface area contributed by atoms with E-state index in [-0.39, 0.29) is 0 Å². The summed E-state index contributed by atoms with van der Waals surface area (Å²) in [6.45, 7) is 0.833. The van der Waals surface area contributed by atoms with Gasteiger partial charge in [0.25, 0.3) is 0 Å². The average Bonchev–Trinajstić information content (AvgIpc) is 2.23. The zero-order valence-corrected chi connectivity index (χ0v) is 10.7. The molecule has 5 aliphatic rings. The van der Waals surface area contributed by atoms with Gasteiger partial charge in [0, 0.05) is 0 Å². The molecule has 4 bridgehead atoms. The van der Waals surface area contributed by atoms with Gasteiger partial charge in [-0.25, -0.2) is 5.90 Å². The molecule has 96 valence electrons. The molecule has 5 rings (SSSR count). The molecule has 0 radical (unpaired) electrons. The van der Waals surface area contributed by atoms with Crippen molar-refractivity contribution in [1.29, 1.82) is 0 Å². The predicted octanol–water partition coefficient (Wildman–Crippen LogP) is 3.12. The SMILES string of the molecule is NOCC1(C2C3CC4CC(C3)CC2C4)CCC1. The quantitative estimate of drug-likeness (QED) is 0.763. The summed E-state index contributed by atoms with van der Waals surface area (Å²) in [4.78, 5) is 5.11. The van der Waals surface area contributed by atoms with E-state index in [0.29, 0.717) is 5.41 Å². The summed E-state index contributed by atoms with van der Waals surface area (Å²) in [5.41, 5.74) is 0.497. The van der Waals surface area contributed by atoms with Gasteiger partial charge >= 0.3 is 0 Å². The van der Waals surface area contributed by atoms with Crippen LogP contribution in [0.3, 0.4) is 0 Å². The van der Waals surface area contributed by atoms with Gasteiger partial charge in [-0.1, -0.05) is 6.42 Å². The molecule has 2 heteroatoms. The summed E-state index contributed by atoms with van der Waals surface area (Å²) < 4.78 is 0. The van der Waals surface area contributed by atoms with Crippen molar-refractivity contribution in [3.8, 4) is 0 Å². The monoisotopic (exact) mass is 235 g/mol. The predicted molar refractivity (Wildman–Crippen MR) is 67.0 cm³/mol. The Labute approximate surface area is 104 Å². The second-order valence-electron chi connectivity index (χ2n) is 7.48. The van der Waals surface area contributed by atoms with Gasteiger partial charge in [0.05, 0.1) is 6.61 Å². The first-order valence-corrected chi connectivity index (χ1v) is 7.62. The van der Waals surface area contributed by atoms with Gasteiger partial charge in [0.2, 0.25) is 0 Å². The average molecular weight is 235 g/mol. The highest BCUT2D eigenvalue weighted by molar-refractivity contribution is 5.06. The molecule has 0 amide bonds. The molecule has 2 nitrogen and oxygen atoms in total. The summed E-state index contributed by atoms with van der Waals surface area (Å²) in [6, 6.07) is 0. The minimum Gasteiger partial charge on any atom is -0.304 e. The molecule has 0 aromatic rings. The van der Waals surface area contributed by atoms with Crippen molar-refractivity contribution < 1.29 is 4.84 Å². The molecule has 0 aliphatic heterocycles. The van der Waals surface area contributed by atoms with Gasteiger partial charge in [-0.05, 0) is 80.0 Å². The lowest BCUT2D eigenvalue weighted by Gasteiger charge is -2.62. The molecule has 0 spiro atoms.